The molecule has 34 heavy (non-hydrogen) atoms. The molecular formula is C26H23ClN3O3S+. The molecule has 2 aromatic carbocycles. The second-order valence-corrected chi connectivity index (χ2v) is 10.3. The molecular weight excluding hydrogens is 470 g/mol. The van der Waals surface area contributed by atoms with Crippen LogP contribution in [-0.4, -0.2) is 48.8 Å². The Labute approximate surface area is 206 Å². The molecule has 1 saturated heterocycles. The minimum Gasteiger partial charge on any atom is -0.454 e. The number of halogens is 1. The first kappa shape index (κ1) is 21.4. The lowest BCUT2D eigenvalue weighted by Crippen LogP contribution is -3.13. The Kier molecular flexibility index (Phi) is 5.61. The molecule has 6 rings (SSSR count). The molecule has 6 nitrogen and oxygen atoms in total. The number of benzene rings is 2. The third-order valence-electron chi connectivity index (χ3n) is 6.42. The summed E-state index contributed by atoms with van der Waals surface area (Å²) >= 11 is 7.62. The van der Waals surface area contributed by atoms with Crippen molar-refractivity contribution in [3.63, 3.8) is 0 Å². The van der Waals surface area contributed by atoms with Crippen LogP contribution in [-0.2, 0) is 6.54 Å². The molecule has 2 aromatic heterocycles. The van der Waals surface area contributed by atoms with Gasteiger partial charge in [0.2, 0.25) is 6.79 Å². The Morgan fingerprint density at radius 1 is 1.03 bits per heavy atom. The molecule has 1 N–H and O–H groups in total. The summed E-state index contributed by atoms with van der Waals surface area (Å²) in [5.41, 5.74) is 3.52. The molecule has 0 radical (unpaired) electrons. The fourth-order valence-electron chi connectivity index (χ4n) is 4.64. The van der Waals surface area contributed by atoms with Crippen molar-refractivity contribution in [3.8, 4) is 22.1 Å². The minimum atomic E-state index is 0.0598. The zero-order chi connectivity index (χ0) is 23.1. The number of aromatic nitrogens is 1. The number of para-hydroxylation sites is 1. The molecule has 172 valence electrons. The van der Waals surface area contributed by atoms with E-state index in [1.807, 2.05) is 53.4 Å². The third-order valence-corrected chi connectivity index (χ3v) is 7.67. The van der Waals surface area contributed by atoms with Gasteiger partial charge in [0.05, 0.1) is 52.2 Å². The van der Waals surface area contributed by atoms with E-state index in [1.54, 1.807) is 0 Å². The Hall–Kier alpha value is -3.13. The van der Waals surface area contributed by atoms with Crippen molar-refractivity contribution >= 4 is 39.7 Å². The van der Waals surface area contributed by atoms with Crippen LogP contribution < -0.4 is 14.4 Å². The van der Waals surface area contributed by atoms with Crippen molar-refractivity contribution < 1.29 is 19.2 Å². The number of thiophene rings is 1. The minimum absolute atomic E-state index is 0.0598. The van der Waals surface area contributed by atoms with Gasteiger partial charge in [0.1, 0.15) is 6.54 Å². The molecule has 0 spiro atoms. The second-order valence-electron chi connectivity index (χ2n) is 8.58. The van der Waals surface area contributed by atoms with Gasteiger partial charge in [0.15, 0.2) is 11.5 Å². The first-order valence-electron chi connectivity index (χ1n) is 11.3. The summed E-state index contributed by atoms with van der Waals surface area (Å²) in [5, 5.41) is 0.883. The van der Waals surface area contributed by atoms with Crippen molar-refractivity contribution in [3.05, 3.63) is 76.1 Å². The molecule has 1 fully saturated rings. The second kappa shape index (κ2) is 8.91. The number of carbonyl (C=O) groups is 1. The van der Waals surface area contributed by atoms with E-state index in [1.165, 1.54) is 21.8 Å². The zero-order valence-electron chi connectivity index (χ0n) is 18.4. The van der Waals surface area contributed by atoms with E-state index in [-0.39, 0.29) is 12.7 Å². The standard InChI is InChI=1S/C26H22ClN3O3S/c27-25-8-7-24(34-25)21-14-19(18-3-1-2-4-20(18)28-21)26(31)30-11-9-29(10-12-30)15-17-5-6-22-23(13-17)33-16-32-22/h1-8,13-14H,9-12,15-16H2/p+1. The number of piperazine rings is 1. The molecule has 0 saturated carbocycles. The van der Waals surface area contributed by atoms with Crippen LogP contribution in [0.15, 0.2) is 60.7 Å². The molecule has 0 bridgehead atoms. The average molecular weight is 493 g/mol. The van der Waals surface area contributed by atoms with E-state index in [4.69, 9.17) is 26.1 Å². The van der Waals surface area contributed by atoms with Gasteiger partial charge in [-0.25, -0.2) is 4.98 Å². The van der Waals surface area contributed by atoms with Crippen LogP contribution in [0.5, 0.6) is 11.5 Å². The summed E-state index contributed by atoms with van der Waals surface area (Å²) in [5.74, 6) is 1.69. The highest BCUT2D eigenvalue weighted by Gasteiger charge is 2.27. The van der Waals surface area contributed by atoms with E-state index in [9.17, 15) is 4.79 Å². The largest absolute Gasteiger partial charge is 0.454 e. The maximum absolute atomic E-state index is 13.6. The van der Waals surface area contributed by atoms with Crippen LogP contribution >= 0.6 is 22.9 Å². The number of fused-ring (bicyclic) bond motifs is 2. The van der Waals surface area contributed by atoms with Gasteiger partial charge in [-0.15, -0.1) is 11.3 Å². The fraction of sp³-hybridized carbons (Fsp3) is 0.231. The lowest BCUT2D eigenvalue weighted by Gasteiger charge is -2.32. The quantitative estimate of drug-likeness (QED) is 0.469. The molecule has 0 atom stereocenters. The maximum atomic E-state index is 13.6. The molecule has 8 heteroatoms. The number of quaternary nitrogens is 1. The monoisotopic (exact) mass is 492 g/mol. The number of ether oxygens (including phenoxy) is 2. The topological polar surface area (TPSA) is 56.1 Å². The van der Waals surface area contributed by atoms with Crippen LogP contribution in [0, 0.1) is 0 Å². The Morgan fingerprint density at radius 3 is 2.68 bits per heavy atom. The van der Waals surface area contributed by atoms with Crippen LogP contribution in [0.2, 0.25) is 4.34 Å². The summed E-state index contributed by atoms with van der Waals surface area (Å²) in [4.78, 5) is 22.8. The number of pyridine rings is 1. The number of amides is 1. The molecule has 0 unspecified atom stereocenters. The number of rotatable bonds is 4. The van der Waals surface area contributed by atoms with Crippen LogP contribution in [0.1, 0.15) is 15.9 Å². The highest BCUT2D eigenvalue weighted by atomic mass is 35.5. The van der Waals surface area contributed by atoms with Gasteiger partial charge < -0.3 is 19.3 Å². The predicted octanol–water partition coefficient (Wildman–Crippen LogP) is 3.89. The number of carbonyl (C=O) groups excluding carboxylic acids is 1. The Bertz CT molecular complexity index is 1380. The van der Waals surface area contributed by atoms with E-state index in [2.05, 4.69) is 12.1 Å². The van der Waals surface area contributed by atoms with Gasteiger partial charge in [0.25, 0.3) is 5.91 Å². The first-order chi connectivity index (χ1) is 16.6. The van der Waals surface area contributed by atoms with E-state index in [0.717, 1.165) is 65.7 Å². The molecule has 0 aliphatic carbocycles. The van der Waals surface area contributed by atoms with Crippen molar-refractivity contribution in [2.24, 2.45) is 0 Å². The van der Waals surface area contributed by atoms with Crippen LogP contribution in [0.25, 0.3) is 21.5 Å². The summed E-state index contributed by atoms with van der Waals surface area (Å²) in [6.07, 6.45) is 0. The maximum Gasteiger partial charge on any atom is 0.255 e. The Morgan fingerprint density at radius 2 is 1.85 bits per heavy atom. The lowest BCUT2D eigenvalue weighted by molar-refractivity contribution is -0.917. The number of hydrogen-bond acceptors (Lipinski definition) is 5. The van der Waals surface area contributed by atoms with Crippen molar-refractivity contribution in [2.45, 2.75) is 6.54 Å². The van der Waals surface area contributed by atoms with Gasteiger partial charge in [0, 0.05) is 10.9 Å². The Balaban J connectivity index is 1.20. The van der Waals surface area contributed by atoms with Crippen molar-refractivity contribution in [1.29, 1.82) is 0 Å². The normalized spacial score (nSPS) is 15.7. The highest BCUT2D eigenvalue weighted by molar-refractivity contribution is 7.19. The first-order valence-corrected chi connectivity index (χ1v) is 12.5. The van der Waals surface area contributed by atoms with E-state index < -0.39 is 0 Å². The van der Waals surface area contributed by atoms with Gasteiger partial charge >= 0.3 is 0 Å². The summed E-state index contributed by atoms with van der Waals surface area (Å²) in [7, 11) is 0. The number of nitrogens with zero attached hydrogens (tertiary/aromatic N) is 2. The van der Waals surface area contributed by atoms with E-state index >= 15 is 0 Å². The summed E-state index contributed by atoms with van der Waals surface area (Å²) in [6.45, 7) is 4.43. The SMILES string of the molecule is O=C(c1cc(-c2ccc(Cl)s2)nc2ccccc12)N1CC[NH+](Cc2ccc3c(c2)OCO3)CC1. The molecule has 4 aromatic rings. The highest BCUT2D eigenvalue weighted by Crippen LogP contribution is 2.33. The van der Waals surface area contributed by atoms with Gasteiger partial charge in [-0.05, 0) is 42.5 Å². The van der Waals surface area contributed by atoms with Gasteiger partial charge in [-0.1, -0.05) is 29.8 Å². The predicted molar refractivity (Wildman–Crippen MR) is 133 cm³/mol. The average Bonchev–Trinajstić information content (AvgIpc) is 3.52. The number of hydrogen-bond donors (Lipinski definition) is 1. The zero-order valence-corrected chi connectivity index (χ0v) is 20.0. The molecule has 2 aliphatic rings. The van der Waals surface area contributed by atoms with Crippen LogP contribution in [0.4, 0.5) is 0 Å². The smallest absolute Gasteiger partial charge is 0.255 e. The molecule has 2 aliphatic heterocycles. The number of nitrogens with one attached hydrogen (secondary N) is 1. The lowest BCUT2D eigenvalue weighted by atomic mass is 10.1. The molecule has 4 heterocycles. The summed E-state index contributed by atoms with van der Waals surface area (Å²) in [6, 6.07) is 19.7. The third kappa shape index (κ3) is 4.11. The van der Waals surface area contributed by atoms with Gasteiger partial charge in [-0.3, -0.25) is 4.79 Å². The summed E-state index contributed by atoms with van der Waals surface area (Å²) < 4.78 is 11.6. The molecule has 1 amide bonds. The van der Waals surface area contributed by atoms with Gasteiger partial charge in [-0.2, -0.15) is 0 Å². The van der Waals surface area contributed by atoms with E-state index in [0.29, 0.717) is 9.90 Å². The van der Waals surface area contributed by atoms with Crippen molar-refractivity contribution in [2.75, 3.05) is 33.0 Å². The fourth-order valence-corrected chi connectivity index (χ4v) is 5.65. The van der Waals surface area contributed by atoms with Crippen molar-refractivity contribution in [1.82, 2.24) is 9.88 Å². The van der Waals surface area contributed by atoms with Crippen LogP contribution in [0.3, 0.4) is 0 Å².